The van der Waals surface area contributed by atoms with Gasteiger partial charge in [0.2, 0.25) is 0 Å². The molecule has 2 heterocycles. The third-order valence-corrected chi connectivity index (χ3v) is 5.14. The molecule has 1 unspecified atom stereocenters. The van der Waals surface area contributed by atoms with E-state index in [0.29, 0.717) is 18.5 Å². The number of halogens is 1. The van der Waals surface area contributed by atoms with Crippen molar-refractivity contribution < 1.29 is 4.79 Å². The summed E-state index contributed by atoms with van der Waals surface area (Å²) in [6, 6.07) is 17.6. The van der Waals surface area contributed by atoms with E-state index < -0.39 is 5.41 Å². The molecule has 0 radical (unpaired) electrons. The third-order valence-electron chi connectivity index (χ3n) is 5.14. The summed E-state index contributed by atoms with van der Waals surface area (Å²) in [6.07, 6.45) is 3.35. The molecule has 2 N–H and O–H groups in total. The molecule has 4 nitrogen and oxygen atoms in total. The minimum atomic E-state index is -0.446. The Bertz CT molecular complexity index is 980. The van der Waals surface area contributed by atoms with Crippen LogP contribution in [0.3, 0.4) is 0 Å². The molecular formula is C21H20ClN3O. The summed E-state index contributed by atoms with van der Waals surface area (Å²) >= 11 is 0. The number of ketones is 1. The quantitative estimate of drug-likeness (QED) is 0.689. The van der Waals surface area contributed by atoms with Crippen LogP contribution >= 0.6 is 12.4 Å². The van der Waals surface area contributed by atoms with Gasteiger partial charge in [0.05, 0.1) is 17.0 Å². The van der Waals surface area contributed by atoms with Crippen LogP contribution in [0.2, 0.25) is 0 Å². The van der Waals surface area contributed by atoms with Crippen LogP contribution in [-0.4, -0.2) is 23.9 Å². The number of nitrogens with one attached hydrogen (secondary N) is 2. The molecule has 0 aliphatic carbocycles. The van der Waals surface area contributed by atoms with Gasteiger partial charge in [-0.05, 0) is 61.3 Å². The van der Waals surface area contributed by atoms with E-state index in [1.54, 1.807) is 6.07 Å². The number of rotatable bonds is 4. The second kappa shape index (κ2) is 7.33. The first-order valence-electron chi connectivity index (χ1n) is 8.52. The van der Waals surface area contributed by atoms with Gasteiger partial charge in [-0.1, -0.05) is 12.1 Å². The first-order valence-corrected chi connectivity index (χ1v) is 8.52. The zero-order chi connectivity index (χ0) is 17.3. The van der Waals surface area contributed by atoms with Crippen LogP contribution in [0.5, 0.6) is 0 Å². The fourth-order valence-electron chi connectivity index (χ4n) is 3.81. The zero-order valence-electron chi connectivity index (χ0n) is 14.3. The molecule has 1 atom stereocenters. The van der Waals surface area contributed by atoms with Gasteiger partial charge < -0.3 is 10.3 Å². The Kier molecular flexibility index (Phi) is 5.13. The normalized spacial score (nSPS) is 19.0. The van der Waals surface area contributed by atoms with Crippen LogP contribution in [0.25, 0.3) is 10.9 Å². The molecule has 26 heavy (non-hydrogen) atoms. The van der Waals surface area contributed by atoms with Crippen molar-refractivity contribution >= 4 is 29.1 Å². The minimum absolute atomic E-state index is 0. The van der Waals surface area contributed by atoms with E-state index in [1.807, 2.05) is 48.7 Å². The Labute approximate surface area is 158 Å². The summed E-state index contributed by atoms with van der Waals surface area (Å²) < 4.78 is 0. The van der Waals surface area contributed by atoms with Crippen LogP contribution in [0.1, 0.15) is 27.9 Å². The lowest BCUT2D eigenvalue weighted by molar-refractivity contribution is 0.0816. The van der Waals surface area contributed by atoms with E-state index in [4.69, 9.17) is 5.26 Å². The fourth-order valence-corrected chi connectivity index (χ4v) is 3.81. The Morgan fingerprint density at radius 1 is 1.19 bits per heavy atom. The molecule has 1 aliphatic heterocycles. The number of nitrogens with zero attached hydrogens (tertiary/aromatic N) is 1. The lowest BCUT2D eigenvalue weighted by Gasteiger charge is -2.27. The summed E-state index contributed by atoms with van der Waals surface area (Å²) in [5.41, 5.74) is 3.03. The lowest BCUT2D eigenvalue weighted by atomic mass is 9.74. The molecule has 1 aliphatic rings. The average molecular weight is 366 g/mol. The van der Waals surface area contributed by atoms with Gasteiger partial charge in [0.25, 0.3) is 0 Å². The number of aromatic amines is 1. The van der Waals surface area contributed by atoms with E-state index in [9.17, 15) is 4.79 Å². The van der Waals surface area contributed by atoms with Crippen molar-refractivity contribution in [3.05, 3.63) is 71.4 Å². The van der Waals surface area contributed by atoms with Gasteiger partial charge in [-0.15, -0.1) is 12.4 Å². The van der Waals surface area contributed by atoms with Gasteiger partial charge in [-0.25, -0.2) is 0 Å². The standard InChI is InChI=1S/C21H19N3O.ClH/c22-13-16-3-1-2-15(10-16)12-21(7-9-23-14-21)20(25)18-4-5-19-17(11-18)6-8-24-19;/h1-6,8,10-11,23-24H,7,9,12,14H2;1H. The molecule has 5 heteroatoms. The number of Topliss-reactive ketones (excluding diaryl/α,β-unsaturated/α-hetero) is 1. The Morgan fingerprint density at radius 2 is 2.08 bits per heavy atom. The molecular weight excluding hydrogens is 346 g/mol. The number of hydrogen-bond acceptors (Lipinski definition) is 3. The van der Waals surface area contributed by atoms with E-state index in [2.05, 4.69) is 16.4 Å². The largest absolute Gasteiger partial charge is 0.361 e. The average Bonchev–Trinajstić information content (AvgIpc) is 3.30. The van der Waals surface area contributed by atoms with Gasteiger partial charge in [-0.2, -0.15) is 5.26 Å². The molecule has 2 aromatic carbocycles. The number of benzene rings is 2. The number of hydrogen-bond donors (Lipinski definition) is 2. The monoisotopic (exact) mass is 365 g/mol. The molecule has 0 saturated carbocycles. The van der Waals surface area contributed by atoms with Crippen LogP contribution in [0, 0.1) is 16.7 Å². The maximum absolute atomic E-state index is 13.4. The first-order chi connectivity index (χ1) is 12.2. The highest BCUT2D eigenvalue weighted by Gasteiger charge is 2.41. The van der Waals surface area contributed by atoms with Crippen molar-refractivity contribution in [2.24, 2.45) is 5.41 Å². The van der Waals surface area contributed by atoms with Crippen LogP contribution in [-0.2, 0) is 6.42 Å². The molecule has 1 saturated heterocycles. The number of fused-ring (bicyclic) bond motifs is 1. The maximum Gasteiger partial charge on any atom is 0.170 e. The second-order valence-electron chi connectivity index (χ2n) is 6.80. The SMILES string of the molecule is Cl.N#Cc1cccc(CC2(C(=O)c3ccc4[nH]ccc4c3)CCNC2)c1. The summed E-state index contributed by atoms with van der Waals surface area (Å²) in [4.78, 5) is 16.5. The Balaban J connectivity index is 0.00000196. The molecule has 4 rings (SSSR count). The van der Waals surface area contributed by atoms with E-state index >= 15 is 0 Å². The Morgan fingerprint density at radius 3 is 2.85 bits per heavy atom. The summed E-state index contributed by atoms with van der Waals surface area (Å²) in [5, 5.41) is 13.5. The molecule has 1 fully saturated rings. The smallest absolute Gasteiger partial charge is 0.170 e. The number of carbonyl (C=O) groups excluding carboxylic acids is 1. The van der Waals surface area contributed by atoms with E-state index in [1.165, 1.54) is 0 Å². The summed E-state index contributed by atoms with van der Waals surface area (Å²) in [6.45, 7) is 1.52. The van der Waals surface area contributed by atoms with Crippen LogP contribution in [0.15, 0.2) is 54.7 Å². The zero-order valence-corrected chi connectivity index (χ0v) is 15.1. The van der Waals surface area contributed by atoms with E-state index in [0.717, 1.165) is 35.0 Å². The van der Waals surface area contributed by atoms with Crippen LogP contribution in [0.4, 0.5) is 0 Å². The first kappa shape index (κ1) is 18.2. The Hall–Kier alpha value is -2.61. The number of carbonyl (C=O) groups is 1. The van der Waals surface area contributed by atoms with Crippen molar-refractivity contribution in [1.29, 1.82) is 5.26 Å². The molecule has 3 aromatic rings. The van der Waals surface area contributed by atoms with Gasteiger partial charge >= 0.3 is 0 Å². The topological polar surface area (TPSA) is 68.7 Å². The van der Waals surface area contributed by atoms with Gasteiger partial charge in [-0.3, -0.25) is 4.79 Å². The minimum Gasteiger partial charge on any atom is -0.361 e. The second-order valence-corrected chi connectivity index (χ2v) is 6.80. The summed E-state index contributed by atoms with van der Waals surface area (Å²) in [5.74, 6) is 0.183. The number of nitriles is 1. The highest BCUT2D eigenvalue weighted by atomic mass is 35.5. The molecule has 1 aromatic heterocycles. The van der Waals surface area contributed by atoms with Crippen molar-refractivity contribution in [1.82, 2.24) is 10.3 Å². The van der Waals surface area contributed by atoms with Gasteiger partial charge in [0.15, 0.2) is 5.78 Å². The predicted octanol–water partition coefficient (Wildman–Crippen LogP) is 3.87. The summed E-state index contributed by atoms with van der Waals surface area (Å²) in [7, 11) is 0. The number of H-pyrrole nitrogens is 1. The molecule has 0 spiro atoms. The fraction of sp³-hybridized carbons (Fsp3) is 0.238. The highest BCUT2D eigenvalue weighted by molar-refractivity contribution is 6.03. The van der Waals surface area contributed by atoms with Crippen molar-refractivity contribution in [3.8, 4) is 6.07 Å². The van der Waals surface area contributed by atoms with Gasteiger partial charge in [0, 0.05) is 29.2 Å². The maximum atomic E-state index is 13.4. The highest BCUT2D eigenvalue weighted by Crippen LogP contribution is 2.35. The molecule has 0 amide bonds. The van der Waals surface area contributed by atoms with Gasteiger partial charge in [0.1, 0.15) is 0 Å². The lowest BCUT2D eigenvalue weighted by Crippen LogP contribution is -2.36. The molecule has 132 valence electrons. The van der Waals surface area contributed by atoms with Crippen molar-refractivity contribution in [3.63, 3.8) is 0 Å². The van der Waals surface area contributed by atoms with Crippen LogP contribution < -0.4 is 5.32 Å². The van der Waals surface area contributed by atoms with Crippen molar-refractivity contribution in [2.75, 3.05) is 13.1 Å². The number of aromatic nitrogens is 1. The predicted molar refractivity (Wildman–Crippen MR) is 105 cm³/mol. The van der Waals surface area contributed by atoms with Crippen molar-refractivity contribution in [2.45, 2.75) is 12.8 Å². The molecule has 0 bridgehead atoms. The van der Waals surface area contributed by atoms with E-state index in [-0.39, 0.29) is 18.2 Å². The third kappa shape index (κ3) is 3.24.